The fourth-order valence-electron chi connectivity index (χ4n) is 2.99. The highest BCUT2D eigenvalue weighted by atomic mass is 19.1. The number of nitrogens with one attached hydrogen (secondary N) is 1. The molecule has 0 bridgehead atoms. The van der Waals surface area contributed by atoms with Gasteiger partial charge in [-0.1, -0.05) is 57.2 Å². The summed E-state index contributed by atoms with van der Waals surface area (Å²) in [5, 5.41) is 14.1. The van der Waals surface area contributed by atoms with Gasteiger partial charge in [0.25, 0.3) is 5.91 Å². The van der Waals surface area contributed by atoms with Gasteiger partial charge in [-0.25, -0.2) is 4.39 Å². The number of amides is 1. The van der Waals surface area contributed by atoms with Gasteiger partial charge in [0.05, 0.1) is 6.07 Å². The van der Waals surface area contributed by atoms with Crippen LogP contribution < -0.4 is 10.6 Å². The van der Waals surface area contributed by atoms with Crippen LogP contribution in [0.1, 0.15) is 50.4 Å². The first-order valence-electron chi connectivity index (χ1n) is 9.69. The number of hydrogen-bond acceptors (Lipinski definition) is 2. The second-order valence-corrected chi connectivity index (χ2v) is 7.58. The predicted molar refractivity (Wildman–Crippen MR) is 108 cm³/mol. The monoisotopic (exact) mass is 382 g/mol. The van der Waals surface area contributed by atoms with Crippen LogP contribution in [0.3, 0.4) is 0 Å². The molecule has 2 atom stereocenters. The third kappa shape index (κ3) is 5.40. The van der Waals surface area contributed by atoms with Crippen LogP contribution in [-0.4, -0.2) is 18.0 Å². The summed E-state index contributed by atoms with van der Waals surface area (Å²) in [6.45, 7) is 7.76. The summed E-state index contributed by atoms with van der Waals surface area (Å²) < 4.78 is 13.8. The maximum absolute atomic E-state index is 13.8. The number of hydrogen-bond donors (Lipinski definition) is 2. The number of aryl methyl sites for hydroxylation is 1. The van der Waals surface area contributed by atoms with E-state index in [0.717, 1.165) is 17.5 Å². The highest BCUT2D eigenvalue weighted by Gasteiger charge is 2.31. The van der Waals surface area contributed by atoms with Crippen LogP contribution in [0.25, 0.3) is 0 Å². The van der Waals surface area contributed by atoms with Gasteiger partial charge in [-0.3, -0.25) is 4.79 Å². The van der Waals surface area contributed by atoms with Gasteiger partial charge >= 0.3 is 0 Å². The minimum atomic E-state index is -0.915. The normalized spacial score (nSPS) is 14.2. The lowest BCUT2D eigenvalue weighted by atomic mass is 9.90. The Morgan fingerprint density at radius 2 is 1.89 bits per heavy atom. The molecular formula is C23H29FN3O+. The average molecular weight is 383 g/mol. The largest absolute Gasteiger partial charge is 0.333 e. The molecule has 1 amide bonds. The molecule has 0 heterocycles. The summed E-state index contributed by atoms with van der Waals surface area (Å²) in [5.41, 5.74) is 2.11. The maximum atomic E-state index is 13.8. The molecule has 0 aliphatic heterocycles. The van der Waals surface area contributed by atoms with Crippen molar-refractivity contribution in [1.82, 2.24) is 5.32 Å². The van der Waals surface area contributed by atoms with E-state index in [1.807, 2.05) is 37.4 Å². The molecule has 0 spiro atoms. The minimum absolute atomic E-state index is 0.0120. The van der Waals surface area contributed by atoms with E-state index in [1.54, 1.807) is 13.0 Å². The van der Waals surface area contributed by atoms with E-state index in [9.17, 15) is 14.4 Å². The molecule has 148 valence electrons. The van der Waals surface area contributed by atoms with Crippen LogP contribution in [0, 0.1) is 23.1 Å². The third-order valence-corrected chi connectivity index (χ3v) is 5.28. The number of quaternary nitrogens is 1. The lowest BCUT2D eigenvalue weighted by Crippen LogP contribution is -2.88. The Balaban J connectivity index is 2.20. The van der Waals surface area contributed by atoms with Gasteiger partial charge < -0.3 is 10.6 Å². The van der Waals surface area contributed by atoms with Crippen molar-refractivity contribution in [2.24, 2.45) is 5.92 Å². The highest BCUT2D eigenvalue weighted by molar-refractivity contribution is 5.78. The van der Waals surface area contributed by atoms with Crippen LogP contribution in [0.5, 0.6) is 0 Å². The molecule has 0 saturated carbocycles. The molecule has 2 aromatic carbocycles. The number of nitrogens with two attached hydrogens (primary N) is 1. The quantitative estimate of drug-likeness (QED) is 0.737. The summed E-state index contributed by atoms with van der Waals surface area (Å²) >= 11 is 0. The van der Waals surface area contributed by atoms with Gasteiger partial charge in [-0.2, -0.15) is 5.26 Å². The molecule has 5 heteroatoms. The van der Waals surface area contributed by atoms with E-state index >= 15 is 0 Å². The van der Waals surface area contributed by atoms with E-state index in [0.29, 0.717) is 0 Å². The Morgan fingerprint density at radius 1 is 1.21 bits per heavy atom. The Labute approximate surface area is 166 Å². The zero-order chi connectivity index (χ0) is 20.7. The van der Waals surface area contributed by atoms with Crippen molar-refractivity contribution in [2.75, 3.05) is 6.54 Å². The summed E-state index contributed by atoms with van der Waals surface area (Å²) in [6, 6.07) is 16.6. The number of halogens is 1. The topological polar surface area (TPSA) is 69.5 Å². The molecule has 0 aliphatic carbocycles. The number of carbonyl (C=O) groups is 1. The first-order chi connectivity index (χ1) is 13.3. The second-order valence-electron chi connectivity index (χ2n) is 7.58. The van der Waals surface area contributed by atoms with Gasteiger partial charge in [0, 0.05) is 11.1 Å². The van der Waals surface area contributed by atoms with Crippen LogP contribution in [0.15, 0.2) is 48.5 Å². The molecule has 0 radical (unpaired) electrons. The summed E-state index contributed by atoms with van der Waals surface area (Å²) in [5.74, 6) is -0.534. The van der Waals surface area contributed by atoms with E-state index in [2.05, 4.69) is 30.4 Å². The van der Waals surface area contributed by atoms with Crippen molar-refractivity contribution < 1.29 is 14.5 Å². The van der Waals surface area contributed by atoms with Crippen molar-refractivity contribution in [2.45, 2.75) is 45.7 Å². The van der Waals surface area contributed by atoms with Crippen molar-refractivity contribution in [1.29, 1.82) is 5.26 Å². The summed E-state index contributed by atoms with van der Waals surface area (Å²) in [7, 11) is 0. The maximum Gasteiger partial charge on any atom is 0.276 e. The standard InChI is InChI=1S/C23H28FN3O/c1-5-17-9-11-18(12-10-17)22(19-7-6-8-20(24)13-19)26-14-21(28)27-23(4,15-25)16(2)3/h6-13,16,22,26H,5,14H2,1-4H3,(H,27,28)/p+1/t22-,23-/m0/s1. The van der Waals surface area contributed by atoms with Crippen molar-refractivity contribution in [3.8, 4) is 6.07 Å². The van der Waals surface area contributed by atoms with E-state index < -0.39 is 5.54 Å². The van der Waals surface area contributed by atoms with Crippen LogP contribution in [-0.2, 0) is 11.2 Å². The van der Waals surface area contributed by atoms with Gasteiger partial charge in [-0.05, 0) is 37.0 Å². The molecule has 28 heavy (non-hydrogen) atoms. The number of benzene rings is 2. The number of rotatable bonds is 8. The fraction of sp³-hybridized carbons (Fsp3) is 0.391. The number of carbonyl (C=O) groups excluding carboxylic acids is 1. The highest BCUT2D eigenvalue weighted by Crippen LogP contribution is 2.20. The molecular weight excluding hydrogens is 353 g/mol. The van der Waals surface area contributed by atoms with Crippen molar-refractivity contribution in [3.63, 3.8) is 0 Å². The predicted octanol–water partition coefficient (Wildman–Crippen LogP) is 3.10. The summed E-state index contributed by atoms with van der Waals surface area (Å²) in [6.07, 6.45) is 0.943. The molecule has 2 rings (SSSR count). The van der Waals surface area contributed by atoms with Gasteiger partial charge in [0.15, 0.2) is 6.54 Å². The van der Waals surface area contributed by atoms with Gasteiger partial charge in [0.2, 0.25) is 0 Å². The minimum Gasteiger partial charge on any atom is -0.333 e. The SMILES string of the molecule is CCc1ccc([C@H]([NH2+]CC(=O)N[C@@](C)(C#N)C(C)C)c2cccc(F)c2)cc1. The number of nitriles is 1. The van der Waals surface area contributed by atoms with Crippen LogP contribution >= 0.6 is 0 Å². The molecule has 0 saturated heterocycles. The Morgan fingerprint density at radius 3 is 2.43 bits per heavy atom. The van der Waals surface area contributed by atoms with Crippen LogP contribution in [0.2, 0.25) is 0 Å². The average Bonchev–Trinajstić information content (AvgIpc) is 2.68. The molecule has 0 fully saturated rings. The third-order valence-electron chi connectivity index (χ3n) is 5.28. The van der Waals surface area contributed by atoms with Gasteiger partial charge in [-0.15, -0.1) is 0 Å². The van der Waals surface area contributed by atoms with E-state index in [4.69, 9.17) is 0 Å². The molecule has 0 unspecified atom stereocenters. The Hall–Kier alpha value is -2.71. The first-order valence-corrected chi connectivity index (χ1v) is 9.69. The molecule has 0 aliphatic rings. The second kappa shape index (κ2) is 9.48. The van der Waals surface area contributed by atoms with E-state index in [1.165, 1.54) is 17.7 Å². The van der Waals surface area contributed by atoms with Crippen LogP contribution in [0.4, 0.5) is 4.39 Å². The lowest BCUT2D eigenvalue weighted by Gasteiger charge is -2.27. The molecule has 4 nitrogen and oxygen atoms in total. The fourth-order valence-corrected chi connectivity index (χ4v) is 2.99. The first kappa shape index (κ1) is 21.6. The lowest BCUT2D eigenvalue weighted by molar-refractivity contribution is -0.676. The zero-order valence-electron chi connectivity index (χ0n) is 17.0. The zero-order valence-corrected chi connectivity index (χ0v) is 17.0. The Kier molecular flexibility index (Phi) is 7.31. The van der Waals surface area contributed by atoms with E-state index in [-0.39, 0.29) is 30.2 Å². The molecule has 0 aromatic heterocycles. The van der Waals surface area contributed by atoms with Gasteiger partial charge in [0.1, 0.15) is 17.4 Å². The van der Waals surface area contributed by atoms with Crippen molar-refractivity contribution >= 4 is 5.91 Å². The molecule has 3 N–H and O–H groups in total. The Bertz CT molecular complexity index is 842. The number of nitrogens with zero attached hydrogens (tertiary/aromatic N) is 1. The van der Waals surface area contributed by atoms with Crippen molar-refractivity contribution in [3.05, 3.63) is 71.0 Å². The smallest absolute Gasteiger partial charge is 0.276 e. The summed E-state index contributed by atoms with van der Waals surface area (Å²) in [4.78, 5) is 12.5. The molecule has 2 aromatic rings.